The molecule has 0 saturated heterocycles. The van der Waals surface area contributed by atoms with Gasteiger partial charge >= 0.3 is 0 Å². The molecule has 1 N–H and O–H groups in total. The van der Waals surface area contributed by atoms with Crippen molar-refractivity contribution in [3.63, 3.8) is 0 Å². The van der Waals surface area contributed by atoms with Gasteiger partial charge in [0.2, 0.25) is 0 Å². The minimum Gasteiger partial charge on any atom is -0.310 e. The van der Waals surface area contributed by atoms with Gasteiger partial charge in [-0.3, -0.25) is 0 Å². The number of benzene rings is 1. The van der Waals surface area contributed by atoms with Crippen molar-refractivity contribution in [1.29, 1.82) is 0 Å². The molecule has 0 radical (unpaired) electrons. The van der Waals surface area contributed by atoms with E-state index in [9.17, 15) is 0 Å². The third-order valence-electron chi connectivity index (χ3n) is 3.57. The third kappa shape index (κ3) is 2.46. The number of hydrogen-bond acceptors (Lipinski definition) is 1. The van der Waals surface area contributed by atoms with Gasteiger partial charge in [0, 0.05) is 6.04 Å². The Hall–Kier alpha value is -0.820. The minimum atomic E-state index is 0.547. The topological polar surface area (TPSA) is 12.0 Å². The van der Waals surface area contributed by atoms with Crippen molar-refractivity contribution in [2.75, 3.05) is 6.54 Å². The predicted molar refractivity (Wildman–Crippen MR) is 69.8 cm³/mol. The number of rotatable bonds is 5. The van der Waals surface area contributed by atoms with Crippen LogP contribution in [0.15, 0.2) is 18.2 Å². The Morgan fingerprint density at radius 2 is 2.00 bits per heavy atom. The summed E-state index contributed by atoms with van der Waals surface area (Å²) in [6.45, 7) is 5.61. The summed E-state index contributed by atoms with van der Waals surface area (Å²) in [6.07, 6.45) is 6.31. The lowest BCUT2D eigenvalue weighted by molar-refractivity contribution is 0.518. The SMILES string of the molecule is CCCNC(CC)c1ccc2c(c1)CCC2. The summed E-state index contributed by atoms with van der Waals surface area (Å²) in [4.78, 5) is 0. The van der Waals surface area contributed by atoms with E-state index in [1.165, 1.54) is 37.7 Å². The highest BCUT2D eigenvalue weighted by Gasteiger charge is 2.14. The van der Waals surface area contributed by atoms with Crippen LogP contribution in [-0.4, -0.2) is 6.54 Å². The average Bonchev–Trinajstić information content (AvgIpc) is 2.77. The van der Waals surface area contributed by atoms with Crippen LogP contribution in [0.1, 0.15) is 55.8 Å². The Morgan fingerprint density at radius 1 is 1.19 bits per heavy atom. The fourth-order valence-corrected chi connectivity index (χ4v) is 2.62. The molecule has 0 fully saturated rings. The highest BCUT2D eigenvalue weighted by atomic mass is 14.9. The van der Waals surface area contributed by atoms with Gasteiger partial charge in [0.05, 0.1) is 0 Å². The van der Waals surface area contributed by atoms with Crippen LogP contribution in [0.25, 0.3) is 0 Å². The highest BCUT2D eigenvalue weighted by molar-refractivity contribution is 5.36. The zero-order chi connectivity index (χ0) is 11.4. The molecule has 0 aromatic heterocycles. The van der Waals surface area contributed by atoms with Gasteiger partial charge < -0.3 is 5.32 Å². The van der Waals surface area contributed by atoms with Crippen LogP contribution >= 0.6 is 0 Å². The van der Waals surface area contributed by atoms with E-state index >= 15 is 0 Å². The molecule has 1 aromatic rings. The first-order valence-corrected chi connectivity index (χ1v) is 6.70. The molecule has 1 heteroatoms. The van der Waals surface area contributed by atoms with E-state index in [2.05, 4.69) is 37.4 Å². The van der Waals surface area contributed by atoms with Gasteiger partial charge in [-0.2, -0.15) is 0 Å². The van der Waals surface area contributed by atoms with Crippen molar-refractivity contribution >= 4 is 0 Å². The predicted octanol–water partition coefficient (Wildman–Crippen LogP) is 3.63. The summed E-state index contributed by atoms with van der Waals surface area (Å²) >= 11 is 0. The fourth-order valence-electron chi connectivity index (χ4n) is 2.62. The highest BCUT2D eigenvalue weighted by Crippen LogP contribution is 2.26. The Bertz CT molecular complexity index is 343. The van der Waals surface area contributed by atoms with Crippen molar-refractivity contribution < 1.29 is 0 Å². The monoisotopic (exact) mass is 217 g/mol. The van der Waals surface area contributed by atoms with E-state index in [0.29, 0.717) is 6.04 Å². The Morgan fingerprint density at radius 3 is 2.75 bits per heavy atom. The van der Waals surface area contributed by atoms with Crippen molar-refractivity contribution in [3.8, 4) is 0 Å². The molecule has 1 nitrogen and oxygen atoms in total. The summed E-state index contributed by atoms with van der Waals surface area (Å²) in [5.41, 5.74) is 4.65. The summed E-state index contributed by atoms with van der Waals surface area (Å²) in [6, 6.07) is 7.64. The molecular formula is C15H23N. The molecule has 1 atom stereocenters. The minimum absolute atomic E-state index is 0.547. The van der Waals surface area contributed by atoms with E-state index in [1.54, 1.807) is 11.1 Å². The molecule has 0 bridgehead atoms. The van der Waals surface area contributed by atoms with Gasteiger partial charge in [0.1, 0.15) is 0 Å². The summed E-state index contributed by atoms with van der Waals surface area (Å²) in [5, 5.41) is 3.63. The Balaban J connectivity index is 2.12. The molecule has 0 spiro atoms. The molecule has 1 unspecified atom stereocenters. The van der Waals surface area contributed by atoms with E-state index in [4.69, 9.17) is 0 Å². The fraction of sp³-hybridized carbons (Fsp3) is 0.600. The van der Waals surface area contributed by atoms with Crippen LogP contribution in [-0.2, 0) is 12.8 Å². The molecule has 1 aliphatic rings. The zero-order valence-corrected chi connectivity index (χ0v) is 10.6. The second-order valence-corrected chi connectivity index (χ2v) is 4.80. The molecule has 1 aromatic carbocycles. The largest absolute Gasteiger partial charge is 0.310 e. The Labute approximate surface area is 99.3 Å². The van der Waals surface area contributed by atoms with E-state index in [-0.39, 0.29) is 0 Å². The molecule has 0 heterocycles. The zero-order valence-electron chi connectivity index (χ0n) is 10.6. The lowest BCUT2D eigenvalue weighted by Gasteiger charge is -2.18. The maximum atomic E-state index is 3.63. The molecular weight excluding hydrogens is 194 g/mol. The van der Waals surface area contributed by atoms with Crippen molar-refractivity contribution in [3.05, 3.63) is 34.9 Å². The Kier molecular flexibility index (Phi) is 4.00. The number of hydrogen-bond donors (Lipinski definition) is 1. The van der Waals surface area contributed by atoms with Crippen LogP contribution in [0.5, 0.6) is 0 Å². The molecule has 2 rings (SSSR count). The molecule has 1 aliphatic carbocycles. The van der Waals surface area contributed by atoms with Gasteiger partial charge in [0.25, 0.3) is 0 Å². The first kappa shape index (κ1) is 11.7. The summed E-state index contributed by atoms with van der Waals surface area (Å²) in [5.74, 6) is 0. The van der Waals surface area contributed by atoms with Crippen LogP contribution in [0.2, 0.25) is 0 Å². The van der Waals surface area contributed by atoms with E-state index in [1.807, 2.05) is 0 Å². The number of nitrogens with one attached hydrogen (secondary N) is 1. The maximum Gasteiger partial charge on any atom is 0.0317 e. The van der Waals surface area contributed by atoms with Crippen molar-refractivity contribution in [2.45, 2.75) is 52.0 Å². The molecule has 16 heavy (non-hydrogen) atoms. The van der Waals surface area contributed by atoms with Gasteiger partial charge in [-0.25, -0.2) is 0 Å². The van der Waals surface area contributed by atoms with Gasteiger partial charge in [-0.15, -0.1) is 0 Å². The van der Waals surface area contributed by atoms with E-state index < -0.39 is 0 Å². The second kappa shape index (κ2) is 5.49. The smallest absolute Gasteiger partial charge is 0.0317 e. The molecule has 0 saturated carbocycles. The number of aryl methyl sites for hydroxylation is 2. The molecule has 88 valence electrons. The van der Waals surface area contributed by atoms with Crippen molar-refractivity contribution in [2.24, 2.45) is 0 Å². The van der Waals surface area contributed by atoms with Gasteiger partial charge in [-0.1, -0.05) is 32.0 Å². The summed E-state index contributed by atoms with van der Waals surface area (Å²) < 4.78 is 0. The standard InChI is InChI=1S/C15H23N/c1-3-10-16-15(4-2)14-9-8-12-6-5-7-13(12)11-14/h8-9,11,15-16H,3-7,10H2,1-2H3. The first-order chi connectivity index (χ1) is 7.85. The first-order valence-electron chi connectivity index (χ1n) is 6.70. The summed E-state index contributed by atoms with van der Waals surface area (Å²) in [7, 11) is 0. The van der Waals surface area contributed by atoms with Gasteiger partial charge in [-0.05, 0) is 55.3 Å². The van der Waals surface area contributed by atoms with Crippen molar-refractivity contribution in [1.82, 2.24) is 5.32 Å². The van der Waals surface area contributed by atoms with Crippen LogP contribution in [0.3, 0.4) is 0 Å². The lowest BCUT2D eigenvalue weighted by Crippen LogP contribution is -2.21. The normalized spacial score (nSPS) is 16.1. The number of fused-ring (bicyclic) bond motifs is 1. The molecule has 0 amide bonds. The van der Waals surface area contributed by atoms with Crippen LogP contribution in [0, 0.1) is 0 Å². The average molecular weight is 217 g/mol. The van der Waals surface area contributed by atoms with E-state index in [0.717, 1.165) is 6.54 Å². The maximum absolute atomic E-state index is 3.63. The van der Waals surface area contributed by atoms with Crippen LogP contribution < -0.4 is 5.32 Å². The quantitative estimate of drug-likeness (QED) is 0.794. The molecule has 0 aliphatic heterocycles. The lowest BCUT2D eigenvalue weighted by atomic mass is 9.99. The third-order valence-corrected chi connectivity index (χ3v) is 3.57. The van der Waals surface area contributed by atoms with Gasteiger partial charge in [0.15, 0.2) is 0 Å². The second-order valence-electron chi connectivity index (χ2n) is 4.80. The van der Waals surface area contributed by atoms with Crippen LogP contribution in [0.4, 0.5) is 0 Å².